The number of ether oxygens (including phenoxy) is 1. The molecule has 0 aromatic heterocycles. The maximum atomic E-state index is 13.1. The highest BCUT2D eigenvalue weighted by atomic mass is 35.5. The number of hydrogen-bond donors (Lipinski definition) is 5. The largest absolute Gasteiger partial charge is 0.489 e. The molecule has 4 atom stereocenters. The number of rotatable bonds is 10. The molecule has 2 aliphatic heterocycles. The highest BCUT2D eigenvalue weighted by Crippen LogP contribution is 2.23. The fourth-order valence-electron chi connectivity index (χ4n) is 4.17. The quantitative estimate of drug-likeness (QED) is 0.115. The summed E-state index contributed by atoms with van der Waals surface area (Å²) in [7, 11) is 0. The number of nitrogens with one attached hydrogen (secondary N) is 4. The zero-order valence-electron chi connectivity index (χ0n) is 19.8. The number of halogens is 3. The monoisotopic (exact) mass is 570 g/mol. The molecule has 206 valence electrons. The Kier molecular flexibility index (Phi) is 17.9. The molecule has 14 heteroatoms. The van der Waals surface area contributed by atoms with Gasteiger partial charge < -0.3 is 41.6 Å². The Morgan fingerprint density at radius 3 is 2.58 bits per heavy atom. The molecule has 2 aliphatic rings. The van der Waals surface area contributed by atoms with Crippen LogP contribution in [0.1, 0.15) is 32.1 Å². The van der Waals surface area contributed by atoms with Crippen molar-refractivity contribution < 1.29 is 24.6 Å². The number of benzene rings is 1. The highest BCUT2D eigenvalue weighted by molar-refractivity contribution is 5.91. The fourth-order valence-corrected chi connectivity index (χ4v) is 4.17. The Bertz CT molecular complexity index is 823. The van der Waals surface area contributed by atoms with Gasteiger partial charge in [0.05, 0.1) is 12.1 Å². The molecule has 2 fully saturated rings. The number of nitrogens with two attached hydrogens (primary N) is 1. The number of guanidine groups is 1. The van der Waals surface area contributed by atoms with Crippen molar-refractivity contribution in [1.29, 1.82) is 5.41 Å². The van der Waals surface area contributed by atoms with Crippen LogP contribution in [0.2, 0.25) is 0 Å². The van der Waals surface area contributed by atoms with Gasteiger partial charge in [-0.3, -0.25) is 15.0 Å². The van der Waals surface area contributed by atoms with Crippen molar-refractivity contribution in [3.8, 4) is 5.75 Å². The standard InChI is InChI=1S/C22H32N6O4.3ClH.H2O/c23-22(24)25-10-4-6-15(14-29)27-20(30)19-9-5-11-28(19)21(31)18-12-17(13-26-18)32-16-7-2-1-3-8-16;;;;/h1-3,7-8,14-15,17-19,26H,4-6,9-13H2,(H,27,30)(H4,23,24,25);3*1H;1H2/t15-,17-,18-,19-;;;;/m0..../s1. The first-order valence-corrected chi connectivity index (χ1v) is 11.1. The Morgan fingerprint density at radius 1 is 1.25 bits per heavy atom. The van der Waals surface area contributed by atoms with Gasteiger partial charge in [-0.15, -0.1) is 37.2 Å². The van der Waals surface area contributed by atoms with Gasteiger partial charge in [0, 0.05) is 26.1 Å². The van der Waals surface area contributed by atoms with E-state index in [1.807, 2.05) is 30.3 Å². The smallest absolute Gasteiger partial charge is 0.243 e. The molecule has 0 unspecified atom stereocenters. The topological polar surface area (TPSA) is 181 Å². The lowest BCUT2D eigenvalue weighted by Crippen LogP contribution is -2.52. The third kappa shape index (κ3) is 10.4. The maximum Gasteiger partial charge on any atom is 0.243 e. The molecule has 0 aliphatic carbocycles. The lowest BCUT2D eigenvalue weighted by atomic mass is 10.1. The Morgan fingerprint density at radius 2 is 1.94 bits per heavy atom. The predicted octanol–water partition coefficient (Wildman–Crippen LogP) is 0.175. The van der Waals surface area contributed by atoms with Crippen LogP contribution in [-0.2, 0) is 14.4 Å². The molecule has 11 nitrogen and oxygen atoms in total. The summed E-state index contributed by atoms with van der Waals surface area (Å²) in [6.07, 6.45) is 3.46. The number of para-hydroxylation sites is 1. The maximum absolute atomic E-state index is 13.1. The van der Waals surface area contributed by atoms with Gasteiger partial charge in [0.1, 0.15) is 24.2 Å². The molecule has 0 radical (unpaired) electrons. The first-order chi connectivity index (χ1) is 15.5. The Hall–Kier alpha value is -2.31. The summed E-state index contributed by atoms with van der Waals surface area (Å²) >= 11 is 0. The fraction of sp³-hybridized carbons (Fsp3) is 0.545. The average molecular weight is 572 g/mol. The summed E-state index contributed by atoms with van der Waals surface area (Å²) in [5, 5.41) is 15.8. The van der Waals surface area contributed by atoms with E-state index in [2.05, 4.69) is 16.0 Å². The minimum Gasteiger partial charge on any atom is -0.489 e. The van der Waals surface area contributed by atoms with Crippen molar-refractivity contribution in [3.05, 3.63) is 30.3 Å². The Balaban J connectivity index is 0. The van der Waals surface area contributed by atoms with E-state index >= 15 is 0 Å². The first kappa shape index (κ1) is 35.8. The lowest BCUT2D eigenvalue weighted by molar-refractivity contribution is -0.140. The van der Waals surface area contributed by atoms with E-state index in [0.717, 1.165) is 12.2 Å². The number of nitrogens with zero attached hydrogens (tertiary/aromatic N) is 1. The second-order valence-electron chi connectivity index (χ2n) is 8.17. The van der Waals surface area contributed by atoms with E-state index in [1.54, 1.807) is 4.90 Å². The van der Waals surface area contributed by atoms with Crippen LogP contribution < -0.4 is 26.4 Å². The van der Waals surface area contributed by atoms with Crippen LogP contribution in [0.15, 0.2) is 30.3 Å². The van der Waals surface area contributed by atoms with Crippen LogP contribution in [0.3, 0.4) is 0 Å². The van der Waals surface area contributed by atoms with E-state index in [4.69, 9.17) is 15.9 Å². The van der Waals surface area contributed by atoms with Crippen molar-refractivity contribution in [2.45, 2.75) is 56.3 Å². The van der Waals surface area contributed by atoms with Crippen molar-refractivity contribution in [2.24, 2.45) is 5.73 Å². The molecule has 0 spiro atoms. The van der Waals surface area contributed by atoms with E-state index < -0.39 is 18.1 Å². The summed E-state index contributed by atoms with van der Waals surface area (Å²) < 4.78 is 5.94. The molecule has 8 N–H and O–H groups in total. The van der Waals surface area contributed by atoms with Crippen molar-refractivity contribution >= 4 is 61.3 Å². The summed E-state index contributed by atoms with van der Waals surface area (Å²) in [5.41, 5.74) is 5.23. The number of aldehydes is 1. The zero-order valence-corrected chi connectivity index (χ0v) is 22.3. The van der Waals surface area contributed by atoms with Gasteiger partial charge in [0.2, 0.25) is 11.8 Å². The van der Waals surface area contributed by atoms with Gasteiger partial charge >= 0.3 is 0 Å². The van der Waals surface area contributed by atoms with Crippen LogP contribution >= 0.6 is 37.2 Å². The molecule has 1 aromatic carbocycles. The Labute approximate surface area is 229 Å². The number of likely N-dealkylation sites (tertiary alicyclic amines) is 1. The van der Waals surface area contributed by atoms with Crippen molar-refractivity contribution in [1.82, 2.24) is 20.9 Å². The van der Waals surface area contributed by atoms with E-state index in [1.165, 1.54) is 0 Å². The minimum absolute atomic E-state index is 0. The minimum atomic E-state index is -0.637. The van der Waals surface area contributed by atoms with Crippen molar-refractivity contribution in [2.75, 3.05) is 19.6 Å². The van der Waals surface area contributed by atoms with Gasteiger partial charge in [-0.1, -0.05) is 18.2 Å². The molecule has 2 amide bonds. The molecule has 1 aromatic rings. The summed E-state index contributed by atoms with van der Waals surface area (Å²) in [4.78, 5) is 38.9. The number of amides is 2. The second-order valence-corrected chi connectivity index (χ2v) is 8.17. The van der Waals surface area contributed by atoms with Crippen LogP contribution in [0.25, 0.3) is 0 Å². The van der Waals surface area contributed by atoms with Crippen molar-refractivity contribution in [3.63, 3.8) is 0 Å². The average Bonchev–Trinajstić information content (AvgIpc) is 3.46. The molecule has 0 saturated carbocycles. The number of hydrogen-bond acceptors (Lipinski definition) is 6. The summed E-state index contributed by atoms with van der Waals surface area (Å²) in [6, 6.07) is 7.89. The van der Waals surface area contributed by atoms with E-state index in [-0.39, 0.29) is 66.6 Å². The third-order valence-corrected chi connectivity index (χ3v) is 5.77. The van der Waals surface area contributed by atoms with Crippen LogP contribution in [-0.4, -0.2) is 78.3 Å². The SMILES string of the molecule is Cl.Cl.Cl.N=C(N)NCCC[C@@H](C=O)NC(=O)[C@@H]1CCCN1C(=O)[C@@H]1C[C@H](Oc2ccccc2)CN1.O. The highest BCUT2D eigenvalue weighted by Gasteiger charge is 2.40. The second kappa shape index (κ2) is 18.0. The van der Waals surface area contributed by atoms with Crippen LogP contribution in [0, 0.1) is 5.41 Å². The van der Waals surface area contributed by atoms with E-state index in [0.29, 0.717) is 51.6 Å². The molecular weight excluding hydrogens is 535 g/mol. The van der Waals surface area contributed by atoms with Gasteiger partial charge in [-0.25, -0.2) is 0 Å². The molecule has 0 bridgehead atoms. The summed E-state index contributed by atoms with van der Waals surface area (Å²) in [5.74, 6) is 0.232. The zero-order chi connectivity index (χ0) is 22.9. The molecule has 2 saturated heterocycles. The predicted molar refractivity (Wildman–Crippen MR) is 145 cm³/mol. The van der Waals surface area contributed by atoms with E-state index in [9.17, 15) is 14.4 Å². The van der Waals surface area contributed by atoms with Gasteiger partial charge in [-0.05, 0) is 37.8 Å². The normalized spacial score (nSPS) is 20.8. The molecule has 36 heavy (non-hydrogen) atoms. The molecule has 2 heterocycles. The van der Waals surface area contributed by atoms with Crippen LogP contribution in [0.4, 0.5) is 0 Å². The molecular formula is C22H37Cl3N6O5. The lowest BCUT2D eigenvalue weighted by Gasteiger charge is -2.27. The summed E-state index contributed by atoms with van der Waals surface area (Å²) in [6.45, 7) is 1.54. The first-order valence-electron chi connectivity index (χ1n) is 11.1. The van der Waals surface area contributed by atoms with Gasteiger partial charge in [-0.2, -0.15) is 0 Å². The van der Waals surface area contributed by atoms with Gasteiger partial charge in [0.25, 0.3) is 0 Å². The molecule has 3 rings (SSSR count). The third-order valence-electron chi connectivity index (χ3n) is 5.77. The number of carbonyl (C=O) groups is 3. The van der Waals surface area contributed by atoms with Gasteiger partial charge in [0.15, 0.2) is 5.96 Å². The number of carbonyl (C=O) groups excluding carboxylic acids is 3. The van der Waals surface area contributed by atoms with Crippen LogP contribution in [0.5, 0.6) is 5.75 Å².